The zero-order valence-corrected chi connectivity index (χ0v) is 11.7. The standard InChI is InChI=1S/C13H22N2OS/c1-8-13(17-10(3)14-8)9(2)15-11-6-4-5-7-12(11)16/h9,11-12,15-16H,4-7H2,1-3H3/t9?,11-,12-/m1/s1. The number of thiazole rings is 1. The largest absolute Gasteiger partial charge is 0.392 e. The SMILES string of the molecule is Cc1nc(C)c(C(C)N[C@@H]2CCCC[C@H]2O)s1. The fraction of sp³-hybridized carbons (Fsp3) is 0.769. The lowest BCUT2D eigenvalue weighted by molar-refractivity contribution is 0.0861. The number of rotatable bonds is 3. The summed E-state index contributed by atoms with van der Waals surface area (Å²) >= 11 is 1.76. The summed E-state index contributed by atoms with van der Waals surface area (Å²) in [7, 11) is 0. The minimum absolute atomic E-state index is 0.180. The van der Waals surface area contributed by atoms with Crippen LogP contribution >= 0.6 is 11.3 Å². The number of hydrogen-bond donors (Lipinski definition) is 2. The van der Waals surface area contributed by atoms with E-state index in [1.165, 1.54) is 11.3 Å². The van der Waals surface area contributed by atoms with E-state index in [-0.39, 0.29) is 12.1 Å². The van der Waals surface area contributed by atoms with Crippen molar-refractivity contribution in [2.45, 2.75) is 64.6 Å². The second kappa shape index (κ2) is 5.46. The second-order valence-electron chi connectivity index (χ2n) is 5.03. The van der Waals surface area contributed by atoms with Gasteiger partial charge in [0.05, 0.1) is 16.8 Å². The predicted molar refractivity (Wildman–Crippen MR) is 71.4 cm³/mol. The number of nitrogens with one attached hydrogen (secondary N) is 1. The van der Waals surface area contributed by atoms with Crippen LogP contribution in [0.1, 0.15) is 54.2 Å². The average molecular weight is 254 g/mol. The topological polar surface area (TPSA) is 45.2 Å². The van der Waals surface area contributed by atoms with E-state index in [1.54, 1.807) is 11.3 Å². The van der Waals surface area contributed by atoms with Gasteiger partial charge in [-0.25, -0.2) is 4.98 Å². The highest BCUT2D eigenvalue weighted by Crippen LogP contribution is 2.27. The van der Waals surface area contributed by atoms with Crippen molar-refractivity contribution in [3.63, 3.8) is 0 Å². The van der Waals surface area contributed by atoms with Gasteiger partial charge in [-0.15, -0.1) is 11.3 Å². The first-order valence-corrected chi connectivity index (χ1v) is 7.27. The number of nitrogens with zero attached hydrogens (tertiary/aromatic N) is 1. The molecule has 2 rings (SSSR count). The van der Waals surface area contributed by atoms with Gasteiger partial charge in [-0.1, -0.05) is 12.8 Å². The van der Waals surface area contributed by atoms with Crippen molar-refractivity contribution in [3.05, 3.63) is 15.6 Å². The third-order valence-corrected chi connectivity index (χ3v) is 4.78. The van der Waals surface area contributed by atoms with Gasteiger partial charge in [-0.3, -0.25) is 0 Å². The van der Waals surface area contributed by atoms with E-state index >= 15 is 0 Å². The molecule has 96 valence electrons. The summed E-state index contributed by atoms with van der Waals surface area (Å²) in [6.07, 6.45) is 4.22. The fourth-order valence-corrected chi connectivity index (χ4v) is 3.59. The van der Waals surface area contributed by atoms with E-state index < -0.39 is 0 Å². The predicted octanol–water partition coefficient (Wildman–Crippen LogP) is 2.71. The average Bonchev–Trinajstić information content (AvgIpc) is 2.61. The van der Waals surface area contributed by atoms with Crippen molar-refractivity contribution in [1.82, 2.24) is 10.3 Å². The molecule has 0 spiro atoms. The van der Waals surface area contributed by atoms with Gasteiger partial charge in [0, 0.05) is 17.0 Å². The molecule has 1 saturated carbocycles. The zero-order chi connectivity index (χ0) is 12.4. The highest BCUT2D eigenvalue weighted by molar-refractivity contribution is 7.11. The molecule has 2 N–H and O–H groups in total. The van der Waals surface area contributed by atoms with E-state index in [9.17, 15) is 5.11 Å². The van der Waals surface area contributed by atoms with Gasteiger partial charge < -0.3 is 10.4 Å². The Morgan fingerprint density at radius 3 is 2.65 bits per heavy atom. The summed E-state index contributed by atoms with van der Waals surface area (Å²) in [5, 5.41) is 14.6. The first-order valence-electron chi connectivity index (χ1n) is 6.46. The van der Waals surface area contributed by atoms with Crippen LogP contribution < -0.4 is 5.32 Å². The molecule has 1 aliphatic carbocycles. The summed E-state index contributed by atoms with van der Waals surface area (Å²) < 4.78 is 0. The van der Waals surface area contributed by atoms with Crippen molar-refractivity contribution < 1.29 is 5.11 Å². The van der Waals surface area contributed by atoms with Crippen LogP contribution in [0, 0.1) is 13.8 Å². The lowest BCUT2D eigenvalue weighted by Gasteiger charge is -2.31. The van der Waals surface area contributed by atoms with Crippen molar-refractivity contribution in [2.75, 3.05) is 0 Å². The molecule has 1 aromatic heterocycles. The number of aromatic nitrogens is 1. The van der Waals surface area contributed by atoms with Crippen molar-refractivity contribution in [3.8, 4) is 0 Å². The van der Waals surface area contributed by atoms with Crippen molar-refractivity contribution >= 4 is 11.3 Å². The van der Waals surface area contributed by atoms with E-state index in [2.05, 4.69) is 24.1 Å². The van der Waals surface area contributed by atoms with Crippen LogP contribution in [-0.4, -0.2) is 22.2 Å². The normalized spacial score (nSPS) is 27.1. The summed E-state index contributed by atoms with van der Waals surface area (Å²) in [4.78, 5) is 5.77. The molecule has 0 amide bonds. The van der Waals surface area contributed by atoms with Crippen molar-refractivity contribution in [1.29, 1.82) is 0 Å². The third-order valence-electron chi connectivity index (χ3n) is 3.53. The molecule has 17 heavy (non-hydrogen) atoms. The number of aliphatic hydroxyl groups excluding tert-OH is 1. The Hall–Kier alpha value is -0.450. The molecular formula is C13H22N2OS. The number of hydrogen-bond acceptors (Lipinski definition) is 4. The maximum atomic E-state index is 9.96. The van der Waals surface area contributed by atoms with Crippen LogP contribution in [0.3, 0.4) is 0 Å². The van der Waals surface area contributed by atoms with Gasteiger partial charge in [-0.05, 0) is 33.6 Å². The molecule has 1 aliphatic rings. The van der Waals surface area contributed by atoms with Gasteiger partial charge in [0.25, 0.3) is 0 Å². The van der Waals surface area contributed by atoms with E-state index in [0.717, 1.165) is 30.0 Å². The monoisotopic (exact) mass is 254 g/mol. The summed E-state index contributed by atoms with van der Waals surface area (Å²) in [6.45, 7) is 6.28. The molecular weight excluding hydrogens is 232 g/mol. The van der Waals surface area contributed by atoms with Crippen LogP contribution in [0.15, 0.2) is 0 Å². The van der Waals surface area contributed by atoms with E-state index in [0.29, 0.717) is 6.04 Å². The molecule has 4 heteroatoms. The Balaban J connectivity index is 2.00. The maximum absolute atomic E-state index is 9.96. The Morgan fingerprint density at radius 2 is 2.06 bits per heavy atom. The first kappa shape index (κ1) is 13.0. The molecule has 0 saturated heterocycles. The molecule has 0 aliphatic heterocycles. The van der Waals surface area contributed by atoms with Crippen LogP contribution in [0.5, 0.6) is 0 Å². The Bertz CT molecular complexity index is 377. The zero-order valence-electron chi connectivity index (χ0n) is 10.9. The molecule has 0 aromatic carbocycles. The lowest BCUT2D eigenvalue weighted by atomic mass is 9.92. The van der Waals surface area contributed by atoms with Gasteiger partial charge in [0.15, 0.2) is 0 Å². The molecule has 1 aromatic rings. The Morgan fingerprint density at radius 1 is 1.35 bits per heavy atom. The molecule has 1 fully saturated rings. The number of aliphatic hydroxyl groups is 1. The fourth-order valence-electron chi connectivity index (χ4n) is 2.65. The van der Waals surface area contributed by atoms with Gasteiger partial charge in [0.1, 0.15) is 0 Å². The summed E-state index contributed by atoms with van der Waals surface area (Å²) in [5.41, 5.74) is 1.12. The second-order valence-corrected chi connectivity index (χ2v) is 6.26. The van der Waals surface area contributed by atoms with Crippen LogP contribution in [0.4, 0.5) is 0 Å². The minimum Gasteiger partial charge on any atom is -0.392 e. The number of aryl methyl sites for hydroxylation is 2. The molecule has 0 bridgehead atoms. The summed E-state index contributed by atoms with van der Waals surface area (Å²) in [6, 6.07) is 0.541. The van der Waals surface area contributed by atoms with Crippen molar-refractivity contribution in [2.24, 2.45) is 0 Å². The smallest absolute Gasteiger partial charge is 0.0900 e. The maximum Gasteiger partial charge on any atom is 0.0900 e. The van der Waals surface area contributed by atoms with Crippen LogP contribution in [-0.2, 0) is 0 Å². The molecule has 0 radical (unpaired) electrons. The molecule has 1 heterocycles. The Kier molecular flexibility index (Phi) is 4.17. The first-order chi connectivity index (χ1) is 8.08. The van der Waals surface area contributed by atoms with E-state index in [1.807, 2.05) is 6.92 Å². The summed E-state index contributed by atoms with van der Waals surface area (Å²) in [5.74, 6) is 0. The van der Waals surface area contributed by atoms with E-state index in [4.69, 9.17) is 0 Å². The minimum atomic E-state index is -0.180. The van der Waals surface area contributed by atoms with Gasteiger partial charge >= 0.3 is 0 Å². The lowest BCUT2D eigenvalue weighted by Crippen LogP contribution is -2.43. The highest BCUT2D eigenvalue weighted by Gasteiger charge is 2.25. The van der Waals surface area contributed by atoms with Gasteiger partial charge in [-0.2, -0.15) is 0 Å². The highest BCUT2D eigenvalue weighted by atomic mass is 32.1. The van der Waals surface area contributed by atoms with Gasteiger partial charge in [0.2, 0.25) is 0 Å². The quantitative estimate of drug-likeness (QED) is 0.872. The Labute approximate surface area is 107 Å². The van der Waals surface area contributed by atoms with Crippen LogP contribution in [0.25, 0.3) is 0 Å². The van der Waals surface area contributed by atoms with Crippen LogP contribution in [0.2, 0.25) is 0 Å². The molecule has 3 atom stereocenters. The molecule has 3 nitrogen and oxygen atoms in total. The molecule has 1 unspecified atom stereocenters. The third kappa shape index (κ3) is 3.06.